The van der Waals surface area contributed by atoms with Crippen LogP contribution in [0, 0.1) is 0 Å². The average Bonchev–Trinajstić information content (AvgIpc) is 2.46. The number of nitrogens with one attached hydrogen (secondary N) is 1. The van der Waals surface area contributed by atoms with Gasteiger partial charge in [-0.3, -0.25) is 4.79 Å². The van der Waals surface area contributed by atoms with E-state index in [2.05, 4.69) is 5.32 Å². The van der Waals surface area contributed by atoms with E-state index in [1.165, 1.54) is 0 Å². The van der Waals surface area contributed by atoms with Crippen molar-refractivity contribution >= 4 is 5.91 Å². The van der Waals surface area contributed by atoms with Crippen LogP contribution in [0.1, 0.15) is 18.9 Å². The van der Waals surface area contributed by atoms with Crippen molar-refractivity contribution in [1.29, 1.82) is 0 Å². The number of methoxy groups -OCH3 is 3. The van der Waals surface area contributed by atoms with Crippen LogP contribution in [0.4, 0.5) is 0 Å². The molecule has 19 heavy (non-hydrogen) atoms. The molecule has 0 heterocycles. The first-order chi connectivity index (χ1) is 9.15. The molecule has 1 aromatic carbocycles. The molecular formula is C14H21NO4. The number of carbonyl (C=O) groups excluding carboxylic acids is 1. The van der Waals surface area contributed by atoms with E-state index in [0.29, 0.717) is 36.6 Å². The van der Waals surface area contributed by atoms with Crippen molar-refractivity contribution in [2.45, 2.75) is 19.8 Å². The molecule has 1 N–H and O–H groups in total. The van der Waals surface area contributed by atoms with Gasteiger partial charge in [0, 0.05) is 30.7 Å². The predicted octanol–water partition coefficient (Wildman–Crippen LogP) is 1.78. The summed E-state index contributed by atoms with van der Waals surface area (Å²) < 4.78 is 15.9. The molecule has 0 aliphatic carbocycles. The van der Waals surface area contributed by atoms with Crippen LogP contribution in [-0.4, -0.2) is 33.8 Å². The Labute approximate surface area is 113 Å². The van der Waals surface area contributed by atoms with Crippen LogP contribution >= 0.6 is 0 Å². The SMILES string of the molecule is CCC(=O)NCCc1c(OC)cc(OC)cc1OC. The van der Waals surface area contributed by atoms with E-state index in [9.17, 15) is 4.79 Å². The Hall–Kier alpha value is -1.91. The van der Waals surface area contributed by atoms with Gasteiger partial charge in [-0.2, -0.15) is 0 Å². The summed E-state index contributed by atoms with van der Waals surface area (Å²) in [6.45, 7) is 2.37. The molecule has 0 spiro atoms. The van der Waals surface area contributed by atoms with Crippen molar-refractivity contribution in [1.82, 2.24) is 5.32 Å². The van der Waals surface area contributed by atoms with E-state index < -0.39 is 0 Å². The second-order valence-corrected chi connectivity index (χ2v) is 3.96. The highest BCUT2D eigenvalue weighted by Crippen LogP contribution is 2.34. The largest absolute Gasteiger partial charge is 0.496 e. The van der Waals surface area contributed by atoms with Gasteiger partial charge in [0.15, 0.2) is 0 Å². The molecule has 0 saturated heterocycles. The number of carbonyl (C=O) groups is 1. The average molecular weight is 267 g/mol. The Morgan fingerprint density at radius 2 is 1.68 bits per heavy atom. The summed E-state index contributed by atoms with van der Waals surface area (Å²) in [5, 5.41) is 2.83. The number of ether oxygens (including phenoxy) is 3. The Morgan fingerprint density at radius 1 is 1.11 bits per heavy atom. The fourth-order valence-electron chi connectivity index (χ4n) is 1.78. The Balaban J connectivity index is 2.88. The van der Waals surface area contributed by atoms with E-state index in [1.807, 2.05) is 6.92 Å². The number of hydrogen-bond acceptors (Lipinski definition) is 4. The van der Waals surface area contributed by atoms with Crippen LogP contribution in [0.2, 0.25) is 0 Å². The van der Waals surface area contributed by atoms with Gasteiger partial charge in [0.25, 0.3) is 0 Å². The third kappa shape index (κ3) is 4.05. The topological polar surface area (TPSA) is 56.8 Å². The molecule has 5 nitrogen and oxygen atoms in total. The van der Waals surface area contributed by atoms with Crippen molar-refractivity contribution < 1.29 is 19.0 Å². The van der Waals surface area contributed by atoms with Crippen molar-refractivity contribution in [3.05, 3.63) is 17.7 Å². The first kappa shape index (κ1) is 15.1. The highest BCUT2D eigenvalue weighted by molar-refractivity contribution is 5.75. The van der Waals surface area contributed by atoms with Crippen molar-refractivity contribution in [3.8, 4) is 17.2 Å². The lowest BCUT2D eigenvalue weighted by molar-refractivity contribution is -0.120. The number of amides is 1. The predicted molar refractivity (Wildman–Crippen MR) is 73.1 cm³/mol. The fraction of sp³-hybridized carbons (Fsp3) is 0.500. The maximum atomic E-state index is 11.2. The second kappa shape index (κ2) is 7.51. The molecule has 0 unspecified atom stereocenters. The van der Waals surface area contributed by atoms with E-state index >= 15 is 0 Å². The van der Waals surface area contributed by atoms with Crippen molar-refractivity contribution in [3.63, 3.8) is 0 Å². The molecule has 0 atom stereocenters. The first-order valence-corrected chi connectivity index (χ1v) is 6.21. The summed E-state index contributed by atoms with van der Waals surface area (Å²) in [4.78, 5) is 11.2. The molecule has 0 aliphatic rings. The Kier molecular flexibility index (Phi) is 5.99. The van der Waals surface area contributed by atoms with Gasteiger partial charge in [-0.15, -0.1) is 0 Å². The molecule has 0 fully saturated rings. The molecule has 0 aliphatic heterocycles. The minimum absolute atomic E-state index is 0.0337. The first-order valence-electron chi connectivity index (χ1n) is 6.21. The van der Waals surface area contributed by atoms with Gasteiger partial charge in [-0.1, -0.05) is 6.92 Å². The quantitative estimate of drug-likeness (QED) is 0.818. The zero-order valence-electron chi connectivity index (χ0n) is 11.9. The molecule has 0 saturated carbocycles. The summed E-state index contributed by atoms with van der Waals surface area (Å²) in [6, 6.07) is 3.61. The lowest BCUT2D eigenvalue weighted by Gasteiger charge is -2.15. The van der Waals surface area contributed by atoms with Gasteiger partial charge in [-0.05, 0) is 6.42 Å². The second-order valence-electron chi connectivity index (χ2n) is 3.96. The Bertz CT molecular complexity index is 406. The van der Waals surface area contributed by atoms with Crippen LogP contribution < -0.4 is 19.5 Å². The molecule has 5 heteroatoms. The summed E-state index contributed by atoms with van der Waals surface area (Å²) in [5.41, 5.74) is 0.919. The van der Waals surface area contributed by atoms with Crippen LogP contribution in [0.3, 0.4) is 0 Å². The van der Waals surface area contributed by atoms with Crippen LogP contribution in [0.15, 0.2) is 12.1 Å². The molecule has 1 amide bonds. The lowest BCUT2D eigenvalue weighted by Crippen LogP contribution is -2.24. The Morgan fingerprint density at radius 3 is 2.11 bits per heavy atom. The van der Waals surface area contributed by atoms with Gasteiger partial charge in [-0.25, -0.2) is 0 Å². The monoisotopic (exact) mass is 267 g/mol. The summed E-state index contributed by atoms with van der Waals surface area (Å²) in [7, 11) is 4.79. The number of rotatable bonds is 7. The number of benzene rings is 1. The summed E-state index contributed by atoms with van der Waals surface area (Å²) >= 11 is 0. The van der Waals surface area contributed by atoms with Gasteiger partial charge < -0.3 is 19.5 Å². The van der Waals surface area contributed by atoms with Crippen LogP contribution in [0.25, 0.3) is 0 Å². The van der Waals surface area contributed by atoms with Crippen LogP contribution in [0.5, 0.6) is 17.2 Å². The smallest absolute Gasteiger partial charge is 0.219 e. The highest BCUT2D eigenvalue weighted by atomic mass is 16.5. The minimum Gasteiger partial charge on any atom is -0.496 e. The third-order valence-corrected chi connectivity index (χ3v) is 2.84. The minimum atomic E-state index is 0.0337. The molecule has 0 aromatic heterocycles. The maximum absolute atomic E-state index is 11.2. The zero-order valence-corrected chi connectivity index (χ0v) is 11.9. The maximum Gasteiger partial charge on any atom is 0.219 e. The molecule has 0 bridgehead atoms. The summed E-state index contributed by atoms with van der Waals surface area (Å²) in [6.07, 6.45) is 1.12. The number of hydrogen-bond donors (Lipinski definition) is 1. The summed E-state index contributed by atoms with van der Waals surface area (Å²) in [5.74, 6) is 2.10. The molecular weight excluding hydrogens is 246 g/mol. The fourth-order valence-corrected chi connectivity index (χ4v) is 1.78. The lowest BCUT2D eigenvalue weighted by atomic mass is 10.1. The van der Waals surface area contributed by atoms with Crippen LogP contribution in [-0.2, 0) is 11.2 Å². The standard InChI is InChI=1S/C14H21NO4/c1-5-14(16)15-7-6-11-12(18-3)8-10(17-2)9-13(11)19-4/h8-9H,5-7H2,1-4H3,(H,15,16). The van der Waals surface area contributed by atoms with E-state index in [-0.39, 0.29) is 5.91 Å². The van der Waals surface area contributed by atoms with Gasteiger partial charge >= 0.3 is 0 Å². The normalized spacial score (nSPS) is 9.89. The van der Waals surface area contributed by atoms with Gasteiger partial charge in [0.05, 0.1) is 21.3 Å². The van der Waals surface area contributed by atoms with Crippen molar-refractivity contribution in [2.24, 2.45) is 0 Å². The van der Waals surface area contributed by atoms with E-state index in [4.69, 9.17) is 14.2 Å². The molecule has 0 radical (unpaired) electrons. The van der Waals surface area contributed by atoms with Crippen molar-refractivity contribution in [2.75, 3.05) is 27.9 Å². The zero-order chi connectivity index (χ0) is 14.3. The highest BCUT2D eigenvalue weighted by Gasteiger charge is 2.13. The molecule has 1 rings (SSSR count). The van der Waals surface area contributed by atoms with E-state index in [1.54, 1.807) is 33.5 Å². The molecule has 106 valence electrons. The third-order valence-electron chi connectivity index (χ3n) is 2.84. The van der Waals surface area contributed by atoms with Gasteiger partial charge in [0.2, 0.25) is 5.91 Å². The van der Waals surface area contributed by atoms with Gasteiger partial charge in [0.1, 0.15) is 17.2 Å². The molecule has 1 aromatic rings. The van der Waals surface area contributed by atoms with E-state index in [0.717, 1.165) is 5.56 Å².